The molecule has 1 aliphatic rings. The molecule has 0 saturated carbocycles. The lowest BCUT2D eigenvalue weighted by molar-refractivity contribution is 0.0664. The Labute approximate surface area is 173 Å². The lowest BCUT2D eigenvalue weighted by atomic mass is 9.89. The van der Waals surface area contributed by atoms with Gasteiger partial charge in [-0.25, -0.2) is 9.48 Å². The van der Waals surface area contributed by atoms with Crippen molar-refractivity contribution in [1.82, 2.24) is 9.78 Å². The van der Waals surface area contributed by atoms with Gasteiger partial charge in [0.25, 0.3) is 0 Å². The van der Waals surface area contributed by atoms with Crippen LogP contribution in [0.1, 0.15) is 29.9 Å². The Kier molecular flexibility index (Phi) is 4.25. The summed E-state index contributed by atoms with van der Waals surface area (Å²) >= 11 is 15.8. The van der Waals surface area contributed by atoms with Crippen molar-refractivity contribution in [1.29, 1.82) is 0 Å². The summed E-state index contributed by atoms with van der Waals surface area (Å²) in [7, 11) is 0. The van der Waals surface area contributed by atoms with Crippen LogP contribution in [0.25, 0.3) is 16.9 Å². The molecule has 0 fully saturated rings. The van der Waals surface area contributed by atoms with Crippen molar-refractivity contribution < 1.29 is 14.6 Å². The predicted molar refractivity (Wildman–Crippen MR) is 107 cm³/mol. The molecule has 27 heavy (non-hydrogen) atoms. The van der Waals surface area contributed by atoms with Gasteiger partial charge >= 0.3 is 5.97 Å². The van der Waals surface area contributed by atoms with Crippen LogP contribution in [0, 0.1) is 0 Å². The van der Waals surface area contributed by atoms with Crippen LogP contribution < -0.4 is 4.74 Å². The van der Waals surface area contributed by atoms with Gasteiger partial charge in [0.2, 0.25) is 0 Å². The molecule has 0 spiro atoms. The number of carbonyl (C=O) groups is 1. The van der Waals surface area contributed by atoms with Crippen LogP contribution in [0.4, 0.5) is 0 Å². The van der Waals surface area contributed by atoms with Gasteiger partial charge in [-0.2, -0.15) is 5.10 Å². The molecule has 0 amide bonds. The maximum Gasteiger partial charge on any atom is 0.356 e. The summed E-state index contributed by atoms with van der Waals surface area (Å²) in [4.78, 5) is 11.9. The first kappa shape index (κ1) is 18.3. The van der Waals surface area contributed by atoms with E-state index in [9.17, 15) is 9.90 Å². The average molecular weight is 468 g/mol. The van der Waals surface area contributed by atoms with Gasteiger partial charge in [-0.1, -0.05) is 39.1 Å². The Bertz CT molecular complexity index is 1110. The zero-order valence-corrected chi connectivity index (χ0v) is 17.4. The highest BCUT2D eigenvalue weighted by molar-refractivity contribution is 9.10. The summed E-state index contributed by atoms with van der Waals surface area (Å²) in [6.07, 6.45) is 0. The first-order chi connectivity index (χ1) is 12.7. The minimum absolute atomic E-state index is 0.0745. The van der Waals surface area contributed by atoms with Crippen molar-refractivity contribution in [3.8, 4) is 22.7 Å². The molecule has 8 heteroatoms. The van der Waals surface area contributed by atoms with E-state index in [2.05, 4.69) is 21.0 Å². The molecular formula is C19H13BrCl2N2O3. The molecule has 0 saturated heterocycles. The van der Waals surface area contributed by atoms with Crippen molar-refractivity contribution >= 4 is 45.1 Å². The fourth-order valence-electron chi connectivity index (χ4n) is 3.32. The van der Waals surface area contributed by atoms with E-state index in [1.54, 1.807) is 22.9 Å². The zero-order chi connectivity index (χ0) is 19.5. The summed E-state index contributed by atoms with van der Waals surface area (Å²) in [6, 6.07) is 10.6. The van der Waals surface area contributed by atoms with Gasteiger partial charge in [0, 0.05) is 15.1 Å². The normalized spacial score (nSPS) is 14.3. The largest absolute Gasteiger partial charge is 0.482 e. The van der Waals surface area contributed by atoms with E-state index in [4.69, 9.17) is 27.9 Å². The van der Waals surface area contributed by atoms with Crippen LogP contribution in [-0.2, 0) is 5.60 Å². The minimum atomic E-state index is -1.13. The van der Waals surface area contributed by atoms with E-state index in [0.717, 1.165) is 10.0 Å². The summed E-state index contributed by atoms with van der Waals surface area (Å²) in [5.41, 5.74) is 1.43. The lowest BCUT2D eigenvalue weighted by Crippen LogP contribution is -2.31. The predicted octanol–water partition coefficient (Wildman–Crippen LogP) is 5.93. The summed E-state index contributed by atoms with van der Waals surface area (Å²) < 4.78 is 8.52. The first-order valence-electron chi connectivity index (χ1n) is 8.00. The molecule has 2 heterocycles. The van der Waals surface area contributed by atoms with Gasteiger partial charge < -0.3 is 9.84 Å². The molecule has 0 aliphatic carbocycles. The number of rotatable bonds is 2. The number of aromatic nitrogens is 2. The van der Waals surface area contributed by atoms with Crippen LogP contribution in [0.3, 0.4) is 0 Å². The van der Waals surface area contributed by atoms with Crippen molar-refractivity contribution in [2.75, 3.05) is 0 Å². The molecule has 0 unspecified atom stereocenters. The van der Waals surface area contributed by atoms with E-state index in [1.807, 2.05) is 32.0 Å². The third-order valence-electron chi connectivity index (χ3n) is 4.39. The maximum atomic E-state index is 11.9. The van der Waals surface area contributed by atoms with Crippen LogP contribution in [0.2, 0.25) is 10.0 Å². The van der Waals surface area contributed by atoms with Crippen LogP contribution >= 0.6 is 39.1 Å². The summed E-state index contributed by atoms with van der Waals surface area (Å²) in [5, 5.41) is 15.0. The molecule has 0 atom stereocenters. The molecule has 3 aromatic rings. The van der Waals surface area contributed by atoms with E-state index < -0.39 is 11.6 Å². The fourth-order valence-corrected chi connectivity index (χ4v) is 4.14. The number of carboxylic acids is 1. The standard InChI is InChI=1S/C19H13BrCl2N2O3/c1-19(2)15-16(18(25)26)23-24(13-6-4-10(21)8-12(13)22)17(15)11-5-3-9(20)7-14(11)27-19/h3-8H,1-2H3,(H,25,26). The number of hydrogen-bond acceptors (Lipinski definition) is 3. The molecule has 4 rings (SSSR count). The van der Waals surface area contributed by atoms with Crippen molar-refractivity contribution in [3.63, 3.8) is 0 Å². The number of nitrogens with zero attached hydrogens (tertiary/aromatic N) is 2. The second-order valence-corrected chi connectivity index (χ2v) is 8.40. The number of halogens is 3. The van der Waals surface area contributed by atoms with Gasteiger partial charge in [-0.15, -0.1) is 0 Å². The van der Waals surface area contributed by atoms with Gasteiger partial charge in [-0.05, 0) is 50.2 Å². The van der Waals surface area contributed by atoms with E-state index >= 15 is 0 Å². The maximum absolute atomic E-state index is 11.9. The molecule has 5 nitrogen and oxygen atoms in total. The molecule has 1 aliphatic heterocycles. The third kappa shape index (κ3) is 2.92. The van der Waals surface area contributed by atoms with Crippen LogP contribution in [0.5, 0.6) is 5.75 Å². The number of ether oxygens (including phenoxy) is 1. The lowest BCUT2D eigenvalue weighted by Gasteiger charge is -2.33. The van der Waals surface area contributed by atoms with Gasteiger partial charge in [0.1, 0.15) is 11.4 Å². The highest BCUT2D eigenvalue weighted by Gasteiger charge is 2.41. The van der Waals surface area contributed by atoms with Crippen molar-refractivity contribution in [2.45, 2.75) is 19.4 Å². The number of fused-ring (bicyclic) bond motifs is 3. The second-order valence-electron chi connectivity index (χ2n) is 6.64. The average Bonchev–Trinajstić information content (AvgIpc) is 2.96. The second kappa shape index (κ2) is 6.26. The Morgan fingerprint density at radius 2 is 1.96 bits per heavy atom. The highest BCUT2D eigenvalue weighted by atomic mass is 79.9. The van der Waals surface area contributed by atoms with E-state index in [1.165, 1.54) is 0 Å². The van der Waals surface area contributed by atoms with Gasteiger partial charge in [-0.3, -0.25) is 0 Å². The summed E-state index contributed by atoms with van der Waals surface area (Å²) in [6.45, 7) is 3.63. The van der Waals surface area contributed by atoms with Crippen LogP contribution in [-0.4, -0.2) is 20.9 Å². The minimum Gasteiger partial charge on any atom is -0.482 e. The molecule has 1 N–H and O–H groups in total. The van der Waals surface area contributed by atoms with Gasteiger partial charge in [0.15, 0.2) is 5.69 Å². The Morgan fingerprint density at radius 1 is 1.22 bits per heavy atom. The Morgan fingerprint density at radius 3 is 2.63 bits per heavy atom. The number of aromatic carboxylic acids is 1. The zero-order valence-electron chi connectivity index (χ0n) is 14.3. The van der Waals surface area contributed by atoms with Crippen molar-refractivity contribution in [2.24, 2.45) is 0 Å². The Balaban J connectivity index is 2.12. The number of carboxylic acid groups (broad SMARTS) is 1. The van der Waals surface area contributed by atoms with E-state index in [-0.39, 0.29) is 5.69 Å². The Hall–Kier alpha value is -2.02. The van der Waals surface area contributed by atoms with E-state index in [0.29, 0.717) is 32.7 Å². The number of hydrogen-bond donors (Lipinski definition) is 1. The quantitative estimate of drug-likeness (QED) is 0.506. The molecule has 0 bridgehead atoms. The monoisotopic (exact) mass is 466 g/mol. The van der Waals surface area contributed by atoms with Gasteiger partial charge in [0.05, 0.1) is 22.0 Å². The molecule has 1 aromatic heterocycles. The molecular weight excluding hydrogens is 455 g/mol. The highest BCUT2D eigenvalue weighted by Crippen LogP contribution is 2.48. The van der Waals surface area contributed by atoms with Crippen molar-refractivity contribution in [3.05, 3.63) is 62.2 Å². The summed E-state index contributed by atoms with van der Waals surface area (Å²) in [5.74, 6) is -0.502. The fraction of sp³-hybridized carbons (Fsp3) is 0.158. The number of benzene rings is 2. The SMILES string of the molecule is CC1(C)Oc2cc(Br)ccc2-c2c1c(C(=O)O)nn2-c1ccc(Cl)cc1Cl. The smallest absolute Gasteiger partial charge is 0.356 e. The topological polar surface area (TPSA) is 64.3 Å². The molecule has 138 valence electrons. The van der Waals surface area contributed by atoms with Crippen LogP contribution in [0.15, 0.2) is 40.9 Å². The molecule has 2 aromatic carbocycles. The molecule has 0 radical (unpaired) electrons. The first-order valence-corrected chi connectivity index (χ1v) is 9.55. The third-order valence-corrected chi connectivity index (χ3v) is 5.42.